The molecule has 106 valence electrons. The molecule has 2 N–H and O–H groups in total. The molecule has 1 fully saturated rings. The van der Waals surface area contributed by atoms with Crippen LogP contribution in [-0.2, 0) is 16.0 Å². The van der Waals surface area contributed by atoms with Crippen molar-refractivity contribution in [2.75, 3.05) is 6.54 Å². The zero-order valence-electron chi connectivity index (χ0n) is 10.7. The summed E-state index contributed by atoms with van der Waals surface area (Å²) in [4.78, 5) is 32.7. The van der Waals surface area contributed by atoms with Crippen molar-refractivity contribution in [3.63, 3.8) is 0 Å². The quantitative estimate of drug-likeness (QED) is 0.460. The van der Waals surface area contributed by atoms with Gasteiger partial charge >= 0.3 is 5.97 Å². The Labute approximate surface area is 114 Å². The lowest BCUT2D eigenvalue weighted by Crippen LogP contribution is -2.37. The zero-order valence-corrected chi connectivity index (χ0v) is 10.7. The van der Waals surface area contributed by atoms with E-state index < -0.39 is 22.2 Å². The van der Waals surface area contributed by atoms with Crippen LogP contribution >= 0.6 is 0 Å². The monoisotopic (exact) mass is 278 g/mol. The fraction of sp³-hybridized carbons (Fsp3) is 0.385. The summed E-state index contributed by atoms with van der Waals surface area (Å²) in [6.45, 7) is 0.311. The number of aliphatic carboxylic acids is 1. The summed E-state index contributed by atoms with van der Waals surface area (Å²) in [5, 5.41) is 22.0. The fourth-order valence-corrected chi connectivity index (χ4v) is 1.94. The second kappa shape index (κ2) is 5.28. The van der Waals surface area contributed by atoms with E-state index in [2.05, 4.69) is 5.32 Å². The molecule has 1 aliphatic carbocycles. The molecule has 0 aromatic heterocycles. The highest BCUT2D eigenvalue weighted by molar-refractivity contribution is 6.04. The summed E-state index contributed by atoms with van der Waals surface area (Å²) < 4.78 is 0. The number of nitro groups is 1. The number of nitro benzene ring substituents is 1. The summed E-state index contributed by atoms with van der Waals surface area (Å²) in [6.07, 6.45) is 1.26. The van der Waals surface area contributed by atoms with Gasteiger partial charge in [0.05, 0.1) is 4.92 Å². The number of carbonyl (C=O) groups is 2. The van der Waals surface area contributed by atoms with Crippen LogP contribution in [0.5, 0.6) is 0 Å². The van der Waals surface area contributed by atoms with Crippen LogP contribution in [0.15, 0.2) is 24.3 Å². The molecule has 1 saturated carbocycles. The van der Waals surface area contributed by atoms with Crippen LogP contribution in [0.4, 0.5) is 5.69 Å². The van der Waals surface area contributed by atoms with Crippen molar-refractivity contribution in [1.82, 2.24) is 5.32 Å². The molecule has 0 atom stereocenters. The summed E-state index contributed by atoms with van der Waals surface area (Å²) in [5.41, 5.74) is -0.369. The van der Waals surface area contributed by atoms with Crippen molar-refractivity contribution >= 4 is 17.6 Å². The highest BCUT2D eigenvalue weighted by Crippen LogP contribution is 2.45. The van der Waals surface area contributed by atoms with Crippen LogP contribution in [-0.4, -0.2) is 28.5 Å². The largest absolute Gasteiger partial charge is 0.480 e. The number of benzene rings is 1. The summed E-state index contributed by atoms with van der Waals surface area (Å²) in [6, 6.07) is 6.04. The van der Waals surface area contributed by atoms with Gasteiger partial charge in [-0.3, -0.25) is 19.7 Å². The van der Waals surface area contributed by atoms with Gasteiger partial charge in [-0.15, -0.1) is 0 Å². The van der Waals surface area contributed by atoms with Gasteiger partial charge in [-0.1, -0.05) is 12.1 Å². The fourth-order valence-electron chi connectivity index (χ4n) is 1.94. The standard InChI is InChI=1S/C13H14N2O5/c16-11(13(6-7-13)12(17)18)14-8-5-9-1-3-10(4-2-9)15(19)20/h1-4H,5-8H2,(H,14,16)(H,17,18). The van der Waals surface area contributed by atoms with Gasteiger partial charge in [0, 0.05) is 18.7 Å². The lowest BCUT2D eigenvalue weighted by Gasteiger charge is -2.10. The molecule has 0 heterocycles. The third-order valence-electron chi connectivity index (χ3n) is 3.44. The number of hydrogen-bond acceptors (Lipinski definition) is 4. The molecule has 0 saturated heterocycles. The molecule has 1 amide bonds. The lowest BCUT2D eigenvalue weighted by atomic mass is 10.1. The minimum absolute atomic E-state index is 0.0144. The van der Waals surface area contributed by atoms with Crippen LogP contribution < -0.4 is 5.32 Å². The highest BCUT2D eigenvalue weighted by atomic mass is 16.6. The topological polar surface area (TPSA) is 110 Å². The average molecular weight is 278 g/mol. The smallest absolute Gasteiger partial charge is 0.319 e. The molecule has 20 heavy (non-hydrogen) atoms. The van der Waals surface area contributed by atoms with Gasteiger partial charge in [-0.2, -0.15) is 0 Å². The van der Waals surface area contributed by atoms with Crippen LogP contribution in [0.2, 0.25) is 0 Å². The molecular weight excluding hydrogens is 264 g/mol. The Hall–Kier alpha value is -2.44. The molecule has 0 unspecified atom stereocenters. The molecule has 1 aromatic rings. The summed E-state index contributed by atoms with van der Waals surface area (Å²) >= 11 is 0. The first-order chi connectivity index (χ1) is 9.45. The van der Waals surface area contributed by atoms with E-state index in [1.165, 1.54) is 12.1 Å². The SMILES string of the molecule is O=C(O)C1(C(=O)NCCc2ccc([N+](=O)[O-])cc2)CC1. The van der Waals surface area contributed by atoms with Crippen molar-refractivity contribution in [2.24, 2.45) is 5.41 Å². The van der Waals surface area contributed by atoms with Crippen molar-refractivity contribution < 1.29 is 19.6 Å². The number of nitrogens with one attached hydrogen (secondary N) is 1. The highest BCUT2D eigenvalue weighted by Gasteiger charge is 2.56. The predicted octanol–water partition coefficient (Wildman–Crippen LogP) is 1.12. The average Bonchev–Trinajstić information content (AvgIpc) is 3.20. The van der Waals surface area contributed by atoms with E-state index >= 15 is 0 Å². The van der Waals surface area contributed by atoms with Crippen LogP contribution in [0.3, 0.4) is 0 Å². The molecule has 7 nitrogen and oxygen atoms in total. The van der Waals surface area contributed by atoms with E-state index in [-0.39, 0.29) is 5.69 Å². The molecule has 7 heteroatoms. The maximum atomic E-state index is 11.7. The number of carbonyl (C=O) groups excluding carboxylic acids is 1. The van der Waals surface area contributed by atoms with Gasteiger partial charge in [0.2, 0.25) is 5.91 Å². The Balaban J connectivity index is 1.83. The van der Waals surface area contributed by atoms with Crippen molar-refractivity contribution in [3.8, 4) is 0 Å². The number of hydrogen-bond donors (Lipinski definition) is 2. The van der Waals surface area contributed by atoms with Crippen LogP contribution in [0, 0.1) is 15.5 Å². The number of carboxylic acid groups (broad SMARTS) is 1. The third-order valence-corrected chi connectivity index (χ3v) is 3.44. The number of amides is 1. The zero-order chi connectivity index (χ0) is 14.8. The van der Waals surface area contributed by atoms with Crippen molar-refractivity contribution in [2.45, 2.75) is 19.3 Å². The number of carboxylic acids is 1. The Bertz CT molecular complexity index is 548. The molecule has 0 radical (unpaired) electrons. The lowest BCUT2D eigenvalue weighted by molar-refractivity contribution is -0.384. The molecule has 0 spiro atoms. The Morgan fingerprint density at radius 1 is 1.30 bits per heavy atom. The molecule has 1 aromatic carbocycles. The van der Waals surface area contributed by atoms with Gasteiger partial charge < -0.3 is 10.4 Å². The summed E-state index contributed by atoms with van der Waals surface area (Å²) in [5.74, 6) is -1.53. The van der Waals surface area contributed by atoms with Gasteiger partial charge in [0.25, 0.3) is 5.69 Å². The van der Waals surface area contributed by atoms with Gasteiger partial charge in [0.15, 0.2) is 0 Å². The molecule has 1 aliphatic rings. The first kappa shape index (κ1) is 14.0. The van der Waals surface area contributed by atoms with Crippen LogP contribution in [0.25, 0.3) is 0 Å². The second-order valence-electron chi connectivity index (χ2n) is 4.82. The summed E-state index contributed by atoms with van der Waals surface area (Å²) in [7, 11) is 0. The second-order valence-corrected chi connectivity index (χ2v) is 4.82. The number of non-ortho nitro benzene ring substituents is 1. The maximum absolute atomic E-state index is 11.7. The Morgan fingerprint density at radius 2 is 1.90 bits per heavy atom. The van der Waals surface area contributed by atoms with E-state index in [9.17, 15) is 19.7 Å². The van der Waals surface area contributed by atoms with E-state index in [1.54, 1.807) is 12.1 Å². The minimum Gasteiger partial charge on any atom is -0.480 e. The molecule has 0 bridgehead atoms. The predicted molar refractivity (Wildman–Crippen MR) is 69.1 cm³/mol. The molecule has 0 aliphatic heterocycles. The van der Waals surface area contributed by atoms with E-state index in [0.29, 0.717) is 25.8 Å². The molecular formula is C13H14N2O5. The normalized spacial score (nSPS) is 15.4. The van der Waals surface area contributed by atoms with Crippen LogP contribution in [0.1, 0.15) is 18.4 Å². The molecule has 2 rings (SSSR count). The van der Waals surface area contributed by atoms with Gasteiger partial charge in [-0.05, 0) is 24.8 Å². The van der Waals surface area contributed by atoms with Gasteiger partial charge in [-0.25, -0.2) is 0 Å². The van der Waals surface area contributed by atoms with E-state index in [1.807, 2.05) is 0 Å². The minimum atomic E-state index is -1.23. The first-order valence-electron chi connectivity index (χ1n) is 6.21. The van der Waals surface area contributed by atoms with E-state index in [4.69, 9.17) is 5.11 Å². The van der Waals surface area contributed by atoms with Crippen molar-refractivity contribution in [1.29, 1.82) is 0 Å². The Morgan fingerprint density at radius 3 is 2.35 bits per heavy atom. The third kappa shape index (κ3) is 2.76. The first-order valence-corrected chi connectivity index (χ1v) is 6.21. The number of nitrogens with zero attached hydrogens (tertiary/aromatic N) is 1. The van der Waals surface area contributed by atoms with E-state index in [0.717, 1.165) is 5.56 Å². The van der Waals surface area contributed by atoms with Gasteiger partial charge in [0.1, 0.15) is 5.41 Å². The van der Waals surface area contributed by atoms with Crippen molar-refractivity contribution in [3.05, 3.63) is 39.9 Å². The maximum Gasteiger partial charge on any atom is 0.319 e. The number of rotatable bonds is 6. The Kier molecular flexibility index (Phi) is 3.69.